The summed E-state index contributed by atoms with van der Waals surface area (Å²) in [6, 6.07) is 9.99. The molecule has 1 aliphatic rings. The van der Waals surface area contributed by atoms with Crippen molar-refractivity contribution in [1.29, 1.82) is 0 Å². The van der Waals surface area contributed by atoms with Crippen LogP contribution in [0.1, 0.15) is 12.3 Å². The van der Waals surface area contributed by atoms with Crippen molar-refractivity contribution in [2.45, 2.75) is 37.9 Å². The second-order valence-electron chi connectivity index (χ2n) is 10.2. The number of fused-ring (bicyclic) bond motifs is 2. The Morgan fingerprint density at radius 2 is 1.95 bits per heavy atom. The highest BCUT2D eigenvalue weighted by Gasteiger charge is 2.32. The zero-order valence-corrected chi connectivity index (χ0v) is 21.9. The monoisotopic (exact) mass is 556 g/mol. The summed E-state index contributed by atoms with van der Waals surface area (Å²) in [6.07, 6.45) is -1.41. The Morgan fingerprint density at radius 1 is 1.10 bits per heavy atom. The number of hydrogen-bond donors (Lipinski definition) is 2. The number of rotatable bonds is 7. The molecule has 5 aromatic rings. The summed E-state index contributed by atoms with van der Waals surface area (Å²) in [4.78, 5) is 10.7. The van der Waals surface area contributed by atoms with Gasteiger partial charge in [0.15, 0.2) is 0 Å². The van der Waals surface area contributed by atoms with Crippen LogP contribution >= 0.6 is 0 Å². The summed E-state index contributed by atoms with van der Waals surface area (Å²) in [7, 11) is 3.79. The van der Waals surface area contributed by atoms with E-state index in [1.165, 1.54) is 0 Å². The highest BCUT2D eigenvalue weighted by atomic mass is 19.4. The predicted molar refractivity (Wildman–Crippen MR) is 144 cm³/mol. The van der Waals surface area contributed by atoms with Gasteiger partial charge in [-0.15, -0.1) is 0 Å². The molecule has 2 atom stereocenters. The molecule has 0 aliphatic carbocycles. The second-order valence-corrected chi connectivity index (χ2v) is 10.2. The average molecular weight is 557 g/mol. The summed E-state index contributed by atoms with van der Waals surface area (Å²) in [5, 5.41) is 11.8. The van der Waals surface area contributed by atoms with Gasteiger partial charge in [0, 0.05) is 49.0 Å². The fraction of sp³-hybridized carbons (Fsp3) is 0.370. The van der Waals surface area contributed by atoms with Crippen molar-refractivity contribution in [3.05, 3.63) is 54.7 Å². The maximum Gasteiger partial charge on any atom is 0.406 e. The lowest BCUT2D eigenvalue weighted by atomic mass is 10.0. The first-order valence-corrected chi connectivity index (χ1v) is 12.9. The van der Waals surface area contributed by atoms with Crippen LogP contribution in [0.5, 0.6) is 0 Å². The molecule has 40 heavy (non-hydrogen) atoms. The molecule has 9 nitrogen and oxygen atoms in total. The Kier molecular flexibility index (Phi) is 6.61. The van der Waals surface area contributed by atoms with Crippen LogP contribution in [0.2, 0.25) is 0 Å². The number of alkyl halides is 4. The van der Waals surface area contributed by atoms with E-state index in [1.54, 1.807) is 30.5 Å². The van der Waals surface area contributed by atoms with Crippen molar-refractivity contribution in [3.63, 3.8) is 0 Å². The molecule has 1 aliphatic heterocycles. The standard InChI is InChI=1S/C27H28F4N8O/c1-37-10-8-20(18(28)14-37)34-19-4-3-5-22-17(19)12-23(39(22)15-27(29,30)31)26-35-24(40-36-26)13-33-25-16-7-11-38(2)21(16)6-9-32-25/h3-7,9,11-12,18,20,34H,8,10,13-15H2,1-2H3,(H,32,33)/t18-,20+/m0/s1. The van der Waals surface area contributed by atoms with Crippen molar-refractivity contribution in [2.75, 3.05) is 30.8 Å². The minimum atomic E-state index is -4.49. The van der Waals surface area contributed by atoms with Gasteiger partial charge in [0.1, 0.15) is 18.5 Å². The van der Waals surface area contributed by atoms with Crippen molar-refractivity contribution < 1.29 is 22.1 Å². The molecule has 2 N–H and O–H groups in total. The molecule has 1 fully saturated rings. The first kappa shape index (κ1) is 26.1. The van der Waals surface area contributed by atoms with Crippen molar-refractivity contribution in [3.8, 4) is 11.5 Å². The number of benzene rings is 1. The third-order valence-corrected chi connectivity index (χ3v) is 7.28. The summed E-state index contributed by atoms with van der Waals surface area (Å²) in [5.74, 6) is 0.843. The number of hydrogen-bond acceptors (Lipinski definition) is 7. The summed E-state index contributed by atoms with van der Waals surface area (Å²) >= 11 is 0. The number of anilines is 2. The zero-order valence-electron chi connectivity index (χ0n) is 21.9. The van der Waals surface area contributed by atoms with E-state index in [0.717, 1.165) is 22.0 Å². The number of pyridine rings is 1. The fourth-order valence-electron chi connectivity index (χ4n) is 5.30. The van der Waals surface area contributed by atoms with Crippen molar-refractivity contribution >= 4 is 33.3 Å². The molecule has 5 heterocycles. The Balaban J connectivity index is 1.31. The van der Waals surface area contributed by atoms with E-state index < -0.39 is 24.9 Å². The van der Waals surface area contributed by atoms with Gasteiger partial charge in [-0.25, -0.2) is 9.37 Å². The minimum absolute atomic E-state index is 0.0248. The quantitative estimate of drug-likeness (QED) is 0.266. The van der Waals surface area contributed by atoms with Gasteiger partial charge in [-0.2, -0.15) is 18.2 Å². The van der Waals surface area contributed by atoms with Gasteiger partial charge >= 0.3 is 6.18 Å². The van der Waals surface area contributed by atoms with Crippen LogP contribution in [0.3, 0.4) is 0 Å². The summed E-state index contributed by atoms with van der Waals surface area (Å²) in [5.41, 5.74) is 2.04. The van der Waals surface area contributed by atoms with Crippen LogP contribution < -0.4 is 10.6 Å². The van der Waals surface area contributed by atoms with Gasteiger partial charge in [-0.05, 0) is 43.8 Å². The second kappa shape index (κ2) is 10.1. The predicted octanol–water partition coefficient (Wildman–Crippen LogP) is 5.21. The molecule has 0 spiro atoms. The van der Waals surface area contributed by atoms with Gasteiger partial charge in [0.25, 0.3) is 0 Å². The number of piperidine rings is 1. The van der Waals surface area contributed by atoms with Crippen LogP contribution in [0.15, 0.2) is 53.3 Å². The number of likely N-dealkylation sites (tertiary alicyclic amines) is 1. The van der Waals surface area contributed by atoms with Gasteiger partial charge in [0.2, 0.25) is 11.7 Å². The first-order valence-electron chi connectivity index (χ1n) is 12.9. The molecule has 13 heteroatoms. The lowest BCUT2D eigenvalue weighted by Crippen LogP contribution is -2.46. The number of aromatic nitrogens is 5. The van der Waals surface area contributed by atoms with Crippen molar-refractivity contribution in [2.24, 2.45) is 7.05 Å². The largest absolute Gasteiger partial charge is 0.406 e. The molecular formula is C27H28F4N8O. The lowest BCUT2D eigenvalue weighted by Gasteiger charge is -2.33. The molecule has 0 saturated carbocycles. The Bertz CT molecular complexity index is 1660. The minimum Gasteiger partial charge on any atom is -0.379 e. The summed E-state index contributed by atoms with van der Waals surface area (Å²) < 4.78 is 64.2. The molecule has 6 rings (SSSR count). The van der Waals surface area contributed by atoms with Crippen LogP contribution in [-0.4, -0.2) is 67.7 Å². The molecule has 0 amide bonds. The number of nitrogens with one attached hydrogen (secondary N) is 2. The Hall–Kier alpha value is -4.13. The van der Waals surface area contributed by atoms with E-state index in [1.807, 2.05) is 41.9 Å². The maximum atomic E-state index is 14.7. The highest BCUT2D eigenvalue weighted by molar-refractivity contribution is 5.96. The number of nitrogens with zero attached hydrogens (tertiary/aromatic N) is 6. The Labute approximate surface area is 226 Å². The van der Waals surface area contributed by atoms with Gasteiger partial charge < -0.3 is 29.2 Å². The average Bonchev–Trinajstić information content (AvgIpc) is 3.62. The molecule has 1 saturated heterocycles. The Morgan fingerprint density at radius 3 is 2.75 bits per heavy atom. The number of halogens is 4. The third kappa shape index (κ3) is 5.08. The molecule has 0 radical (unpaired) electrons. The van der Waals surface area contributed by atoms with Gasteiger partial charge in [0.05, 0.1) is 29.3 Å². The van der Waals surface area contributed by atoms with E-state index in [-0.39, 0.29) is 24.0 Å². The normalized spacial score (nSPS) is 18.6. The SMILES string of the molecule is CN1CC[C@@H](Nc2cccc3c2cc(-c2noc(CNc4nccc5c4ccn5C)n2)n3CC(F)(F)F)[C@@H](F)C1. The third-order valence-electron chi connectivity index (χ3n) is 7.28. The topological polar surface area (TPSA) is 89.0 Å². The van der Waals surface area contributed by atoms with Crippen LogP contribution in [-0.2, 0) is 20.1 Å². The van der Waals surface area contributed by atoms with E-state index in [0.29, 0.717) is 35.4 Å². The maximum absolute atomic E-state index is 14.7. The van der Waals surface area contributed by atoms with Crippen LogP contribution in [0.25, 0.3) is 33.3 Å². The first-order chi connectivity index (χ1) is 19.2. The lowest BCUT2D eigenvalue weighted by molar-refractivity contribution is -0.139. The van der Waals surface area contributed by atoms with Gasteiger partial charge in [-0.3, -0.25) is 0 Å². The zero-order chi connectivity index (χ0) is 28.0. The molecule has 1 aromatic carbocycles. The van der Waals surface area contributed by atoms with Crippen molar-refractivity contribution in [1.82, 2.24) is 29.2 Å². The molecule has 4 aromatic heterocycles. The van der Waals surface area contributed by atoms with E-state index >= 15 is 0 Å². The van der Waals surface area contributed by atoms with E-state index in [4.69, 9.17) is 4.52 Å². The summed E-state index contributed by atoms with van der Waals surface area (Å²) in [6.45, 7) is -0.0874. The molecule has 210 valence electrons. The highest BCUT2D eigenvalue weighted by Crippen LogP contribution is 2.35. The van der Waals surface area contributed by atoms with Crippen LogP contribution in [0.4, 0.5) is 29.1 Å². The fourth-order valence-corrected chi connectivity index (χ4v) is 5.30. The van der Waals surface area contributed by atoms with E-state index in [2.05, 4.69) is 25.8 Å². The molecule has 0 bridgehead atoms. The van der Waals surface area contributed by atoms with Gasteiger partial charge in [-0.1, -0.05) is 11.2 Å². The smallest absolute Gasteiger partial charge is 0.379 e. The molecule has 0 unspecified atom stereocenters. The molecular weight excluding hydrogens is 528 g/mol. The van der Waals surface area contributed by atoms with Crippen LogP contribution in [0, 0.1) is 0 Å². The van der Waals surface area contributed by atoms with E-state index in [9.17, 15) is 17.6 Å². The number of aryl methyl sites for hydroxylation is 1.